The first kappa shape index (κ1) is 23.3. The van der Waals surface area contributed by atoms with Gasteiger partial charge in [-0.1, -0.05) is 26.3 Å². The first-order valence-electron chi connectivity index (χ1n) is 11.5. The number of aliphatic hydroxyl groups is 1. The lowest BCUT2D eigenvalue weighted by atomic mass is 9.53. The number of rotatable bonds is 5. The number of primary amides is 1. The molecular formula is C25H29NO7. The van der Waals surface area contributed by atoms with E-state index in [0.29, 0.717) is 17.9 Å². The fourth-order valence-corrected chi connectivity index (χ4v) is 5.87. The Bertz CT molecular complexity index is 1080. The van der Waals surface area contributed by atoms with Crippen LogP contribution >= 0.6 is 0 Å². The van der Waals surface area contributed by atoms with Gasteiger partial charge in [0.15, 0.2) is 34.7 Å². The number of nitrogens with two attached hydrogens (primary N) is 1. The molecule has 0 bridgehead atoms. The third-order valence-corrected chi connectivity index (χ3v) is 7.99. The lowest BCUT2D eigenvalue weighted by Gasteiger charge is -2.48. The van der Waals surface area contributed by atoms with Gasteiger partial charge in [0, 0.05) is 12.3 Å². The van der Waals surface area contributed by atoms with Crippen LogP contribution in [0.15, 0.2) is 12.1 Å². The van der Waals surface area contributed by atoms with E-state index in [9.17, 15) is 34.2 Å². The Labute approximate surface area is 191 Å². The van der Waals surface area contributed by atoms with Crippen LogP contribution in [0.2, 0.25) is 0 Å². The summed E-state index contributed by atoms with van der Waals surface area (Å²) in [5, 5.41) is 21.7. The minimum atomic E-state index is -2.61. The van der Waals surface area contributed by atoms with Gasteiger partial charge >= 0.3 is 0 Å². The number of phenols is 1. The average molecular weight is 456 g/mol. The van der Waals surface area contributed by atoms with E-state index in [1.807, 2.05) is 0 Å². The van der Waals surface area contributed by atoms with Crippen LogP contribution in [-0.2, 0) is 32.0 Å². The highest BCUT2D eigenvalue weighted by molar-refractivity contribution is 6.31. The molecule has 0 radical (unpaired) electrons. The van der Waals surface area contributed by atoms with E-state index >= 15 is 0 Å². The fourth-order valence-electron chi connectivity index (χ4n) is 5.87. The zero-order valence-corrected chi connectivity index (χ0v) is 18.8. The van der Waals surface area contributed by atoms with Crippen molar-refractivity contribution in [2.75, 3.05) is 0 Å². The number of amides is 1. The number of ketones is 4. The van der Waals surface area contributed by atoms with Gasteiger partial charge in [-0.3, -0.25) is 24.0 Å². The summed E-state index contributed by atoms with van der Waals surface area (Å²) in [7, 11) is 0. The maximum Gasteiger partial charge on any atom is 0.235 e. The zero-order chi connectivity index (χ0) is 24.2. The molecule has 3 aliphatic carbocycles. The summed E-state index contributed by atoms with van der Waals surface area (Å²) in [6.45, 7) is 4.25. The second kappa shape index (κ2) is 8.17. The third-order valence-electron chi connectivity index (χ3n) is 7.99. The highest BCUT2D eigenvalue weighted by Crippen LogP contribution is 2.50. The Morgan fingerprint density at radius 3 is 2.52 bits per heavy atom. The monoisotopic (exact) mass is 455 g/mol. The minimum absolute atomic E-state index is 0.0686. The molecular weight excluding hydrogens is 426 g/mol. The molecule has 4 N–H and O–H groups in total. The number of hydrogen-bond acceptors (Lipinski definition) is 7. The van der Waals surface area contributed by atoms with Crippen molar-refractivity contribution in [3.05, 3.63) is 28.8 Å². The van der Waals surface area contributed by atoms with Crippen LogP contribution in [0.25, 0.3) is 0 Å². The number of carbonyl (C=O) groups is 5. The molecule has 3 aliphatic rings. The maximum atomic E-state index is 13.5. The van der Waals surface area contributed by atoms with Gasteiger partial charge in [-0.15, -0.1) is 0 Å². The van der Waals surface area contributed by atoms with Crippen LogP contribution in [0, 0.1) is 29.6 Å². The number of Topliss-reactive ketones (excluding diaryl/α,β-unsaturated/α-hetero) is 4. The first-order chi connectivity index (χ1) is 15.5. The summed E-state index contributed by atoms with van der Waals surface area (Å²) in [5.74, 6) is -9.22. The van der Waals surface area contributed by atoms with Crippen LogP contribution in [0.1, 0.15) is 61.0 Å². The molecule has 1 amide bonds. The molecule has 176 valence electrons. The molecule has 8 heteroatoms. The van der Waals surface area contributed by atoms with Crippen molar-refractivity contribution in [2.24, 2.45) is 35.3 Å². The van der Waals surface area contributed by atoms with Gasteiger partial charge in [-0.2, -0.15) is 0 Å². The summed E-state index contributed by atoms with van der Waals surface area (Å²) in [6, 6.07) is 3.25. The summed E-state index contributed by atoms with van der Waals surface area (Å²) >= 11 is 0. The Morgan fingerprint density at radius 1 is 1.18 bits per heavy atom. The van der Waals surface area contributed by atoms with Crippen LogP contribution < -0.4 is 5.73 Å². The smallest absolute Gasteiger partial charge is 0.235 e. The Kier molecular flexibility index (Phi) is 5.76. The Morgan fingerprint density at radius 2 is 1.88 bits per heavy atom. The molecule has 0 heterocycles. The molecule has 0 aliphatic heterocycles. The number of hydrogen-bond donors (Lipinski definition) is 3. The van der Waals surface area contributed by atoms with Crippen LogP contribution in [0.5, 0.6) is 5.75 Å². The summed E-state index contributed by atoms with van der Waals surface area (Å²) in [4.78, 5) is 63.9. The topological polar surface area (TPSA) is 152 Å². The van der Waals surface area contributed by atoms with E-state index in [1.165, 1.54) is 6.07 Å². The third kappa shape index (κ3) is 3.42. The second-order valence-electron chi connectivity index (χ2n) is 9.89. The summed E-state index contributed by atoms with van der Waals surface area (Å²) < 4.78 is 0. The van der Waals surface area contributed by atoms with Gasteiger partial charge in [0.2, 0.25) is 5.91 Å². The van der Waals surface area contributed by atoms with Gasteiger partial charge < -0.3 is 15.9 Å². The van der Waals surface area contributed by atoms with E-state index in [-0.39, 0.29) is 24.2 Å². The van der Waals surface area contributed by atoms with E-state index < -0.39 is 58.3 Å². The van der Waals surface area contributed by atoms with Crippen molar-refractivity contribution < 1.29 is 34.2 Å². The minimum Gasteiger partial charge on any atom is -0.507 e. The van der Waals surface area contributed by atoms with Gasteiger partial charge in [0.1, 0.15) is 5.75 Å². The highest BCUT2D eigenvalue weighted by Gasteiger charge is 2.66. The van der Waals surface area contributed by atoms with Crippen LogP contribution in [0.3, 0.4) is 0 Å². The average Bonchev–Trinajstić information content (AvgIpc) is 2.75. The molecule has 2 fully saturated rings. The normalized spacial score (nSPS) is 32.1. The maximum absolute atomic E-state index is 13.5. The quantitative estimate of drug-likeness (QED) is 0.566. The standard InChI is InChI=1S/C25H29NO7/c1-3-11(2)4-5-12-6-7-16(27)19-15(12)9-13-8-14-10-17(28)20(24(26)32)23(31)25(14,33)22(30)18(13)21(19)29/h6-7,11,13-14,18,20,27,33H,3-5,8-10H2,1-2H3,(H2,26,32)/t11?,13-,14+,18?,20?,25+/m1/s1. The van der Waals surface area contributed by atoms with E-state index in [2.05, 4.69) is 13.8 Å². The Balaban J connectivity index is 1.74. The lowest BCUT2D eigenvalue weighted by molar-refractivity contribution is -0.175. The largest absolute Gasteiger partial charge is 0.507 e. The van der Waals surface area contributed by atoms with Gasteiger partial charge in [-0.25, -0.2) is 0 Å². The zero-order valence-electron chi connectivity index (χ0n) is 18.8. The summed E-state index contributed by atoms with van der Waals surface area (Å²) in [6.07, 6.45) is 2.77. The molecule has 8 nitrogen and oxygen atoms in total. The SMILES string of the molecule is CCC(C)CCc1ccc(O)c2c1C[C@H]1C[C@H]3CC(=O)C(C(N)=O)C(=O)[C@@]3(O)C(=O)C1C2=O. The number of aromatic hydroxyl groups is 1. The van der Waals surface area contributed by atoms with Crippen molar-refractivity contribution in [1.29, 1.82) is 0 Å². The number of fused-ring (bicyclic) bond motifs is 3. The van der Waals surface area contributed by atoms with Crippen molar-refractivity contribution in [2.45, 2.75) is 58.0 Å². The van der Waals surface area contributed by atoms with Crippen LogP contribution in [-0.4, -0.2) is 44.9 Å². The summed E-state index contributed by atoms with van der Waals surface area (Å²) in [5.41, 5.74) is 4.29. The predicted octanol–water partition coefficient (Wildman–Crippen LogP) is 1.31. The van der Waals surface area contributed by atoms with Gasteiger partial charge in [-0.05, 0) is 54.7 Å². The molecule has 6 atom stereocenters. The van der Waals surface area contributed by atoms with Gasteiger partial charge in [0.05, 0.1) is 11.5 Å². The molecule has 1 aromatic carbocycles. The molecule has 2 saturated carbocycles. The lowest BCUT2D eigenvalue weighted by Crippen LogP contribution is -2.68. The molecule has 4 rings (SSSR count). The number of carbonyl (C=O) groups excluding carboxylic acids is 5. The second-order valence-corrected chi connectivity index (χ2v) is 9.89. The molecule has 1 aromatic rings. The number of benzene rings is 1. The first-order valence-corrected chi connectivity index (χ1v) is 11.5. The van der Waals surface area contributed by atoms with Gasteiger partial charge in [0.25, 0.3) is 0 Å². The molecule has 0 saturated heterocycles. The number of phenolic OH excluding ortho intramolecular Hbond substituents is 1. The molecule has 0 aromatic heterocycles. The Hall–Kier alpha value is -2.87. The van der Waals surface area contributed by atoms with E-state index in [0.717, 1.165) is 24.8 Å². The van der Waals surface area contributed by atoms with Crippen molar-refractivity contribution >= 4 is 29.0 Å². The van der Waals surface area contributed by atoms with Crippen molar-refractivity contribution in [3.63, 3.8) is 0 Å². The predicted molar refractivity (Wildman–Crippen MR) is 116 cm³/mol. The molecule has 33 heavy (non-hydrogen) atoms. The fraction of sp³-hybridized carbons (Fsp3) is 0.560. The molecule has 0 spiro atoms. The molecule has 3 unspecified atom stereocenters. The van der Waals surface area contributed by atoms with E-state index in [1.54, 1.807) is 6.07 Å². The van der Waals surface area contributed by atoms with Crippen molar-refractivity contribution in [3.8, 4) is 5.75 Å². The highest BCUT2D eigenvalue weighted by atomic mass is 16.3. The van der Waals surface area contributed by atoms with Crippen molar-refractivity contribution in [1.82, 2.24) is 0 Å². The number of aryl methyl sites for hydroxylation is 1. The van der Waals surface area contributed by atoms with Crippen LogP contribution in [0.4, 0.5) is 0 Å². The van der Waals surface area contributed by atoms with E-state index in [4.69, 9.17) is 5.73 Å².